The summed E-state index contributed by atoms with van der Waals surface area (Å²) in [6.45, 7) is 3.70. The lowest BCUT2D eigenvalue weighted by Crippen LogP contribution is -2.16. The van der Waals surface area contributed by atoms with Crippen LogP contribution in [0.1, 0.15) is 25.3 Å². The Kier molecular flexibility index (Phi) is 3.42. The molecule has 3 rings (SSSR count). The molecule has 1 aliphatic rings. The summed E-state index contributed by atoms with van der Waals surface area (Å²) >= 11 is 0. The molecule has 102 valence electrons. The third kappa shape index (κ3) is 2.59. The standard InChI is InChI=1S/C15H20N2O2/c1-3-4-11-7-12-9-17(2)16-14(12)8-15(11)19-13-5-6-18-10-13/h7-9,13H,3-6,10H2,1-2H3. The van der Waals surface area contributed by atoms with Crippen molar-refractivity contribution in [2.45, 2.75) is 32.3 Å². The largest absolute Gasteiger partial charge is 0.488 e. The van der Waals surface area contributed by atoms with E-state index in [1.54, 1.807) is 0 Å². The SMILES string of the molecule is CCCc1cc2cn(C)nc2cc1OC1CCOC1. The number of hydrogen-bond donors (Lipinski definition) is 0. The third-order valence-corrected chi connectivity index (χ3v) is 3.50. The van der Waals surface area contributed by atoms with Gasteiger partial charge in [-0.25, -0.2) is 0 Å². The van der Waals surface area contributed by atoms with Crippen LogP contribution in [0, 0.1) is 0 Å². The van der Waals surface area contributed by atoms with Gasteiger partial charge in [-0.15, -0.1) is 0 Å². The zero-order valence-electron chi connectivity index (χ0n) is 11.6. The number of benzene rings is 1. The van der Waals surface area contributed by atoms with Gasteiger partial charge in [-0.05, 0) is 18.1 Å². The van der Waals surface area contributed by atoms with Crippen molar-refractivity contribution in [2.24, 2.45) is 7.05 Å². The Labute approximate surface area is 113 Å². The molecular weight excluding hydrogens is 240 g/mol. The van der Waals surface area contributed by atoms with Crippen LogP contribution in [0.25, 0.3) is 10.9 Å². The molecule has 4 heteroatoms. The van der Waals surface area contributed by atoms with Gasteiger partial charge < -0.3 is 9.47 Å². The van der Waals surface area contributed by atoms with Gasteiger partial charge in [0.1, 0.15) is 11.9 Å². The Hall–Kier alpha value is -1.55. The number of nitrogens with zero attached hydrogens (tertiary/aromatic N) is 2. The van der Waals surface area contributed by atoms with E-state index in [-0.39, 0.29) is 6.10 Å². The predicted octanol–water partition coefficient (Wildman–Crippen LogP) is 2.69. The highest BCUT2D eigenvalue weighted by Gasteiger charge is 2.19. The number of ether oxygens (including phenoxy) is 2. The highest BCUT2D eigenvalue weighted by molar-refractivity contribution is 5.81. The van der Waals surface area contributed by atoms with E-state index < -0.39 is 0 Å². The summed E-state index contributed by atoms with van der Waals surface area (Å²) < 4.78 is 13.3. The van der Waals surface area contributed by atoms with Gasteiger partial charge in [0.25, 0.3) is 0 Å². The van der Waals surface area contributed by atoms with E-state index in [0.717, 1.165) is 37.1 Å². The second kappa shape index (κ2) is 5.21. The van der Waals surface area contributed by atoms with Crippen molar-refractivity contribution in [3.05, 3.63) is 23.9 Å². The van der Waals surface area contributed by atoms with Crippen molar-refractivity contribution in [3.8, 4) is 5.75 Å². The lowest BCUT2D eigenvalue weighted by molar-refractivity contribution is 0.140. The van der Waals surface area contributed by atoms with Crippen molar-refractivity contribution >= 4 is 10.9 Å². The lowest BCUT2D eigenvalue weighted by Gasteiger charge is -2.15. The van der Waals surface area contributed by atoms with Crippen molar-refractivity contribution in [1.29, 1.82) is 0 Å². The summed E-state index contributed by atoms with van der Waals surface area (Å²) in [6, 6.07) is 4.27. The van der Waals surface area contributed by atoms with Gasteiger partial charge in [-0.2, -0.15) is 5.10 Å². The van der Waals surface area contributed by atoms with E-state index in [9.17, 15) is 0 Å². The summed E-state index contributed by atoms with van der Waals surface area (Å²) in [7, 11) is 1.95. The predicted molar refractivity (Wildman–Crippen MR) is 74.6 cm³/mol. The molecule has 1 fully saturated rings. The molecule has 1 aliphatic heterocycles. The van der Waals surface area contributed by atoms with Gasteiger partial charge in [0.05, 0.1) is 18.7 Å². The highest BCUT2D eigenvalue weighted by Crippen LogP contribution is 2.28. The van der Waals surface area contributed by atoms with Crippen LogP contribution < -0.4 is 4.74 Å². The number of aromatic nitrogens is 2. The topological polar surface area (TPSA) is 36.3 Å². The van der Waals surface area contributed by atoms with E-state index in [1.165, 1.54) is 10.9 Å². The van der Waals surface area contributed by atoms with Gasteiger partial charge >= 0.3 is 0 Å². The van der Waals surface area contributed by atoms with Crippen LogP contribution in [0.5, 0.6) is 5.75 Å². The number of aryl methyl sites for hydroxylation is 2. The molecule has 1 aromatic heterocycles. The minimum absolute atomic E-state index is 0.191. The fourth-order valence-corrected chi connectivity index (χ4v) is 2.58. The normalized spacial score (nSPS) is 19.2. The van der Waals surface area contributed by atoms with Gasteiger partial charge in [0.15, 0.2) is 0 Å². The molecule has 0 spiro atoms. The van der Waals surface area contributed by atoms with Gasteiger partial charge in [0.2, 0.25) is 0 Å². The zero-order valence-corrected chi connectivity index (χ0v) is 11.6. The lowest BCUT2D eigenvalue weighted by atomic mass is 10.1. The molecule has 4 nitrogen and oxygen atoms in total. The maximum Gasteiger partial charge on any atom is 0.125 e. The van der Waals surface area contributed by atoms with E-state index >= 15 is 0 Å². The van der Waals surface area contributed by atoms with Crippen LogP contribution in [0.15, 0.2) is 18.3 Å². The van der Waals surface area contributed by atoms with E-state index in [4.69, 9.17) is 9.47 Å². The summed E-state index contributed by atoms with van der Waals surface area (Å²) in [4.78, 5) is 0. The Morgan fingerprint density at radius 3 is 3.11 bits per heavy atom. The molecule has 1 saturated heterocycles. The average Bonchev–Trinajstić information content (AvgIpc) is 2.98. The third-order valence-electron chi connectivity index (χ3n) is 3.50. The van der Waals surface area contributed by atoms with Crippen molar-refractivity contribution in [2.75, 3.05) is 13.2 Å². The molecule has 19 heavy (non-hydrogen) atoms. The molecule has 1 aromatic carbocycles. The molecule has 1 atom stereocenters. The minimum Gasteiger partial charge on any atom is -0.488 e. The van der Waals surface area contributed by atoms with Crippen LogP contribution in [0.4, 0.5) is 0 Å². The van der Waals surface area contributed by atoms with Gasteiger partial charge in [-0.3, -0.25) is 4.68 Å². The maximum absolute atomic E-state index is 6.10. The second-order valence-electron chi connectivity index (χ2n) is 5.17. The van der Waals surface area contributed by atoms with Crippen LogP contribution in [0.2, 0.25) is 0 Å². The number of rotatable bonds is 4. The highest BCUT2D eigenvalue weighted by atomic mass is 16.5. The zero-order chi connectivity index (χ0) is 13.2. The Morgan fingerprint density at radius 2 is 2.37 bits per heavy atom. The Morgan fingerprint density at radius 1 is 1.47 bits per heavy atom. The minimum atomic E-state index is 0.191. The first-order valence-corrected chi connectivity index (χ1v) is 6.97. The molecule has 0 N–H and O–H groups in total. The van der Waals surface area contributed by atoms with E-state index in [1.807, 2.05) is 11.7 Å². The number of fused-ring (bicyclic) bond motifs is 1. The quantitative estimate of drug-likeness (QED) is 0.848. The summed E-state index contributed by atoms with van der Waals surface area (Å²) in [5.41, 5.74) is 2.27. The van der Waals surface area contributed by atoms with Crippen LogP contribution in [-0.4, -0.2) is 29.1 Å². The molecule has 2 aromatic rings. The smallest absolute Gasteiger partial charge is 0.125 e. The fourth-order valence-electron chi connectivity index (χ4n) is 2.58. The maximum atomic E-state index is 6.10. The molecule has 0 aliphatic carbocycles. The number of hydrogen-bond acceptors (Lipinski definition) is 3. The van der Waals surface area contributed by atoms with Crippen molar-refractivity contribution in [3.63, 3.8) is 0 Å². The molecule has 0 radical (unpaired) electrons. The van der Waals surface area contributed by atoms with E-state index in [0.29, 0.717) is 6.61 Å². The first kappa shape index (κ1) is 12.5. The summed E-state index contributed by atoms with van der Waals surface area (Å²) in [5, 5.41) is 5.64. The van der Waals surface area contributed by atoms with Crippen molar-refractivity contribution < 1.29 is 9.47 Å². The molecule has 0 bridgehead atoms. The second-order valence-corrected chi connectivity index (χ2v) is 5.17. The Bertz CT molecular complexity index is 571. The summed E-state index contributed by atoms with van der Waals surface area (Å²) in [5.74, 6) is 0.976. The first-order valence-electron chi connectivity index (χ1n) is 6.97. The van der Waals surface area contributed by atoms with Crippen molar-refractivity contribution in [1.82, 2.24) is 9.78 Å². The molecule has 2 heterocycles. The first-order chi connectivity index (χ1) is 9.26. The van der Waals surface area contributed by atoms with Gasteiger partial charge in [0, 0.05) is 31.1 Å². The van der Waals surface area contributed by atoms with Crippen LogP contribution in [-0.2, 0) is 18.2 Å². The van der Waals surface area contributed by atoms with Gasteiger partial charge in [-0.1, -0.05) is 13.3 Å². The van der Waals surface area contributed by atoms with Crippen LogP contribution in [0.3, 0.4) is 0 Å². The molecule has 0 amide bonds. The average molecular weight is 260 g/mol. The van der Waals surface area contributed by atoms with E-state index in [2.05, 4.69) is 30.4 Å². The summed E-state index contributed by atoms with van der Waals surface area (Å²) in [6.07, 6.45) is 5.37. The van der Waals surface area contributed by atoms with Crippen LogP contribution >= 0.6 is 0 Å². The Balaban J connectivity index is 1.95. The molecule has 0 saturated carbocycles. The molecular formula is C15H20N2O2. The monoisotopic (exact) mass is 260 g/mol. The fraction of sp³-hybridized carbons (Fsp3) is 0.533. The molecule has 1 unspecified atom stereocenters.